The largest absolute Gasteiger partial charge is 0.405 e. The number of hydrogen-bond donors (Lipinski definition) is 2. The molecule has 0 aliphatic carbocycles. The van der Waals surface area contributed by atoms with Gasteiger partial charge in [0.15, 0.2) is 0 Å². The van der Waals surface area contributed by atoms with Gasteiger partial charge in [0.2, 0.25) is 0 Å². The fourth-order valence-electron chi connectivity index (χ4n) is 6.74. The van der Waals surface area contributed by atoms with E-state index in [1.54, 1.807) is 6.20 Å². The molecule has 0 spiro atoms. The highest BCUT2D eigenvalue weighted by atomic mass is 15.0. The lowest BCUT2D eigenvalue weighted by atomic mass is 9.95. The number of allylic oxidation sites excluding steroid dienone is 5. The molecule has 49 heavy (non-hydrogen) atoms. The highest BCUT2D eigenvalue weighted by Crippen LogP contribution is 2.40. The lowest BCUT2D eigenvalue weighted by Crippen LogP contribution is -2.28. The van der Waals surface area contributed by atoms with Gasteiger partial charge in [-0.15, -0.1) is 6.58 Å². The Balaban J connectivity index is 1.53. The Kier molecular flexibility index (Phi) is 10.1. The smallest absolute Gasteiger partial charge is 0.0661 e. The Morgan fingerprint density at radius 3 is 2.10 bits per heavy atom. The first kappa shape index (κ1) is 33.1. The molecule has 3 nitrogen and oxygen atoms in total. The van der Waals surface area contributed by atoms with Crippen LogP contribution >= 0.6 is 0 Å². The highest BCUT2D eigenvalue weighted by molar-refractivity contribution is 5.83. The van der Waals surface area contributed by atoms with Crippen molar-refractivity contribution in [2.24, 2.45) is 5.73 Å². The summed E-state index contributed by atoms with van der Waals surface area (Å²) in [6, 6.07) is 35.1. The number of nitrogens with zero attached hydrogens (tertiary/aromatic N) is 1. The van der Waals surface area contributed by atoms with E-state index in [1.807, 2.05) is 24.3 Å². The van der Waals surface area contributed by atoms with E-state index in [1.165, 1.54) is 50.3 Å². The molecule has 5 aromatic rings. The summed E-state index contributed by atoms with van der Waals surface area (Å²) in [5.41, 5.74) is 22.2. The van der Waals surface area contributed by atoms with Gasteiger partial charge >= 0.3 is 0 Å². The summed E-state index contributed by atoms with van der Waals surface area (Å²) < 4.78 is 2.49. The third-order valence-corrected chi connectivity index (χ3v) is 9.50. The summed E-state index contributed by atoms with van der Waals surface area (Å²) in [5.74, 6) is 0. The standard InChI is InChI=1S/C46H45N3/c1-6-8-24-45-33(4)34(5)46(42-26-25-38(28-35(42)7-2)44-23-15-22-43(48-44)32(3)17-16-27-47)49(45)41-30-39(36-18-11-9-12-19-36)29-40(31-41)37-20-13-10-14-21-37/h6-7,9-23,25-31,43,48H,1-2,8,24,47H2,3-5H3/b27-16-,32-17+. The number of benzene rings is 4. The van der Waals surface area contributed by atoms with E-state index in [4.69, 9.17) is 5.73 Å². The van der Waals surface area contributed by atoms with Gasteiger partial charge < -0.3 is 15.6 Å². The van der Waals surface area contributed by atoms with Crippen molar-refractivity contribution in [3.8, 4) is 39.2 Å². The first-order valence-corrected chi connectivity index (χ1v) is 17.0. The topological polar surface area (TPSA) is 43.0 Å². The van der Waals surface area contributed by atoms with Crippen LogP contribution in [0.4, 0.5) is 0 Å². The number of nitrogens with one attached hydrogen (secondary N) is 1. The van der Waals surface area contributed by atoms with Crippen LogP contribution in [0.25, 0.3) is 51.0 Å². The normalized spacial score (nSPS) is 14.5. The maximum absolute atomic E-state index is 5.59. The summed E-state index contributed by atoms with van der Waals surface area (Å²) >= 11 is 0. The molecule has 0 bridgehead atoms. The predicted molar refractivity (Wildman–Crippen MR) is 211 cm³/mol. The average Bonchev–Trinajstić information content (AvgIpc) is 3.41. The second-order valence-electron chi connectivity index (χ2n) is 12.6. The maximum atomic E-state index is 5.59. The van der Waals surface area contributed by atoms with Crippen LogP contribution in [0.5, 0.6) is 0 Å². The summed E-state index contributed by atoms with van der Waals surface area (Å²) in [6.45, 7) is 15.0. The average molecular weight is 640 g/mol. The van der Waals surface area contributed by atoms with Crippen LogP contribution in [-0.2, 0) is 6.42 Å². The SMILES string of the molecule is C=CCCc1c(C)c(C)c(-c2ccc(C3=CC=CC(/C(C)=C/C=C\N)N3)cc2C=C)n1-c1cc(-c2ccccc2)cc(-c2ccccc2)c1. The summed E-state index contributed by atoms with van der Waals surface area (Å²) in [7, 11) is 0. The van der Waals surface area contributed by atoms with Gasteiger partial charge in [-0.2, -0.15) is 0 Å². The summed E-state index contributed by atoms with van der Waals surface area (Å²) in [5, 5.41) is 3.70. The molecular weight excluding hydrogens is 595 g/mol. The molecule has 0 amide bonds. The summed E-state index contributed by atoms with van der Waals surface area (Å²) in [6.07, 6.45) is 17.7. The maximum Gasteiger partial charge on any atom is 0.0661 e. The minimum absolute atomic E-state index is 0.0910. The first-order chi connectivity index (χ1) is 23.9. The van der Waals surface area contributed by atoms with Crippen molar-refractivity contribution < 1.29 is 0 Å². The molecule has 0 radical (unpaired) electrons. The van der Waals surface area contributed by atoms with Crippen LogP contribution in [0, 0.1) is 13.8 Å². The minimum Gasteiger partial charge on any atom is -0.405 e. The quantitative estimate of drug-likeness (QED) is 0.112. The number of aromatic nitrogens is 1. The third kappa shape index (κ3) is 6.93. The van der Waals surface area contributed by atoms with Crippen LogP contribution in [-0.4, -0.2) is 10.6 Å². The van der Waals surface area contributed by atoms with Crippen LogP contribution in [0.15, 0.2) is 158 Å². The molecule has 1 aromatic heterocycles. The fourth-order valence-corrected chi connectivity index (χ4v) is 6.74. The van der Waals surface area contributed by atoms with Crippen LogP contribution in [0.2, 0.25) is 0 Å². The molecule has 2 heterocycles. The molecule has 1 aliphatic rings. The van der Waals surface area contributed by atoms with E-state index in [0.717, 1.165) is 40.9 Å². The lowest BCUT2D eigenvalue weighted by Gasteiger charge is -2.24. The highest BCUT2D eigenvalue weighted by Gasteiger charge is 2.23. The van der Waals surface area contributed by atoms with Gasteiger partial charge in [0.25, 0.3) is 0 Å². The molecular formula is C46H45N3. The number of dihydropyridines is 1. The van der Waals surface area contributed by atoms with Crippen LogP contribution < -0.4 is 11.1 Å². The van der Waals surface area contributed by atoms with Gasteiger partial charge in [-0.1, -0.05) is 110 Å². The second-order valence-corrected chi connectivity index (χ2v) is 12.6. The summed E-state index contributed by atoms with van der Waals surface area (Å²) in [4.78, 5) is 0. The zero-order chi connectivity index (χ0) is 34.3. The molecule has 1 aliphatic heterocycles. The number of nitrogens with two attached hydrogens (primary N) is 1. The molecule has 1 unspecified atom stereocenters. The Morgan fingerprint density at radius 1 is 0.816 bits per heavy atom. The molecule has 244 valence electrons. The predicted octanol–water partition coefficient (Wildman–Crippen LogP) is 11.1. The molecule has 4 aromatic carbocycles. The van der Waals surface area contributed by atoms with Crippen molar-refractivity contribution in [3.05, 3.63) is 186 Å². The monoisotopic (exact) mass is 639 g/mol. The minimum atomic E-state index is 0.0910. The first-order valence-electron chi connectivity index (χ1n) is 17.0. The molecule has 0 saturated carbocycles. The molecule has 6 rings (SSSR count). The van der Waals surface area contributed by atoms with E-state index in [9.17, 15) is 0 Å². The van der Waals surface area contributed by atoms with Crippen LogP contribution in [0.1, 0.15) is 41.3 Å². The van der Waals surface area contributed by atoms with Gasteiger partial charge in [0.1, 0.15) is 0 Å². The third-order valence-electron chi connectivity index (χ3n) is 9.50. The molecule has 1 atom stereocenters. The van der Waals surface area contributed by atoms with Crippen molar-refractivity contribution in [3.63, 3.8) is 0 Å². The second kappa shape index (κ2) is 15.0. The van der Waals surface area contributed by atoms with E-state index < -0.39 is 0 Å². The van der Waals surface area contributed by atoms with Gasteiger partial charge in [-0.3, -0.25) is 0 Å². The van der Waals surface area contributed by atoms with E-state index in [2.05, 4.69) is 159 Å². The number of hydrogen-bond acceptors (Lipinski definition) is 2. The van der Waals surface area contributed by atoms with E-state index >= 15 is 0 Å². The molecule has 0 saturated heterocycles. The zero-order valence-corrected chi connectivity index (χ0v) is 28.8. The van der Waals surface area contributed by atoms with Crippen LogP contribution in [0.3, 0.4) is 0 Å². The zero-order valence-electron chi connectivity index (χ0n) is 28.8. The van der Waals surface area contributed by atoms with Crippen molar-refractivity contribution >= 4 is 11.8 Å². The van der Waals surface area contributed by atoms with Crippen molar-refractivity contribution in [1.82, 2.24) is 9.88 Å². The fraction of sp³-hybridized carbons (Fsp3) is 0.130. The lowest BCUT2D eigenvalue weighted by molar-refractivity contribution is 0.802. The van der Waals surface area contributed by atoms with Crippen molar-refractivity contribution in [2.75, 3.05) is 0 Å². The molecule has 3 heteroatoms. The van der Waals surface area contributed by atoms with Crippen molar-refractivity contribution in [2.45, 2.75) is 39.7 Å². The molecule has 3 N–H and O–H groups in total. The van der Waals surface area contributed by atoms with Gasteiger partial charge in [0, 0.05) is 22.6 Å². The molecule has 0 fully saturated rings. The van der Waals surface area contributed by atoms with E-state index in [0.29, 0.717) is 0 Å². The Morgan fingerprint density at radius 2 is 1.49 bits per heavy atom. The Hall–Kier alpha value is -5.80. The van der Waals surface area contributed by atoms with Crippen molar-refractivity contribution in [1.29, 1.82) is 0 Å². The Labute approximate surface area is 291 Å². The van der Waals surface area contributed by atoms with E-state index in [-0.39, 0.29) is 6.04 Å². The van der Waals surface area contributed by atoms with Gasteiger partial charge in [-0.25, -0.2) is 0 Å². The Bertz CT molecular complexity index is 2050. The van der Waals surface area contributed by atoms with Gasteiger partial charge in [0.05, 0.1) is 11.7 Å². The van der Waals surface area contributed by atoms with Gasteiger partial charge in [-0.05, 0) is 126 Å². The number of rotatable bonds is 11.